The fourth-order valence-electron chi connectivity index (χ4n) is 1.66. The van der Waals surface area contributed by atoms with Gasteiger partial charge in [0.15, 0.2) is 0 Å². The first kappa shape index (κ1) is 21.3. The van der Waals surface area contributed by atoms with E-state index in [9.17, 15) is 0 Å². The summed E-state index contributed by atoms with van der Waals surface area (Å²) in [6, 6.07) is 5.48. The smallest absolute Gasteiger partial charge is 0.224 e. The van der Waals surface area contributed by atoms with E-state index < -0.39 is 0 Å². The van der Waals surface area contributed by atoms with E-state index in [1.165, 1.54) is 6.42 Å². The Balaban J connectivity index is 0.000000505. The molecule has 2 aromatic rings. The van der Waals surface area contributed by atoms with Crippen LogP contribution >= 0.6 is 35.0 Å². The molecule has 0 amide bonds. The van der Waals surface area contributed by atoms with Gasteiger partial charge in [-0.2, -0.15) is 16.7 Å². The third-order valence-corrected chi connectivity index (χ3v) is 4.51. The van der Waals surface area contributed by atoms with Crippen LogP contribution in [0.4, 0.5) is 0 Å². The number of ether oxygens (including phenoxy) is 1. The lowest BCUT2D eigenvalue weighted by molar-refractivity contribution is 0.309. The predicted molar refractivity (Wildman–Crippen MR) is 108 cm³/mol. The summed E-state index contributed by atoms with van der Waals surface area (Å²) in [7, 11) is 0. The standard InChI is InChI=1S/C13H14Cl2N2OS.C5H12/c1-19-6-2-5-18-13-10-4-3-9(15)7-11(10)16-12(8-14)17-13;1-4-5(2)3/h3-4,7H,2,5-6,8H2,1H3;5H,4H2,1-3H3. The monoisotopic (exact) mass is 388 g/mol. The molecule has 0 spiro atoms. The molecule has 6 heteroatoms. The zero-order valence-electron chi connectivity index (χ0n) is 14.8. The van der Waals surface area contributed by atoms with Crippen LogP contribution in [0.5, 0.6) is 5.88 Å². The van der Waals surface area contributed by atoms with E-state index in [2.05, 4.69) is 37.0 Å². The van der Waals surface area contributed by atoms with Gasteiger partial charge in [0.2, 0.25) is 5.88 Å². The highest BCUT2D eigenvalue weighted by molar-refractivity contribution is 7.98. The van der Waals surface area contributed by atoms with Gasteiger partial charge in [0.25, 0.3) is 0 Å². The van der Waals surface area contributed by atoms with Gasteiger partial charge in [-0.15, -0.1) is 11.6 Å². The van der Waals surface area contributed by atoms with Crippen molar-refractivity contribution in [3.63, 3.8) is 0 Å². The number of thioether (sulfide) groups is 1. The number of aromatic nitrogens is 2. The third-order valence-electron chi connectivity index (χ3n) is 3.34. The highest BCUT2D eigenvalue weighted by atomic mass is 35.5. The van der Waals surface area contributed by atoms with Crippen LogP contribution in [0.15, 0.2) is 18.2 Å². The third kappa shape index (κ3) is 7.45. The molecule has 0 radical (unpaired) electrons. The molecule has 0 saturated carbocycles. The van der Waals surface area contributed by atoms with E-state index in [1.807, 2.05) is 12.1 Å². The normalized spacial score (nSPS) is 10.6. The van der Waals surface area contributed by atoms with Crippen molar-refractivity contribution in [3.8, 4) is 5.88 Å². The number of hydrogen-bond donors (Lipinski definition) is 0. The molecule has 3 nitrogen and oxygen atoms in total. The second-order valence-electron chi connectivity index (χ2n) is 5.74. The molecule has 134 valence electrons. The van der Waals surface area contributed by atoms with Crippen molar-refractivity contribution in [2.45, 2.75) is 39.5 Å². The highest BCUT2D eigenvalue weighted by Crippen LogP contribution is 2.25. The van der Waals surface area contributed by atoms with E-state index in [1.54, 1.807) is 17.8 Å². The second kappa shape index (κ2) is 11.8. The molecule has 0 bridgehead atoms. The van der Waals surface area contributed by atoms with Crippen LogP contribution in [0.3, 0.4) is 0 Å². The van der Waals surface area contributed by atoms with E-state index in [-0.39, 0.29) is 5.88 Å². The maximum atomic E-state index is 5.98. The lowest BCUT2D eigenvalue weighted by Crippen LogP contribution is -2.03. The van der Waals surface area contributed by atoms with Crippen molar-refractivity contribution in [1.82, 2.24) is 9.97 Å². The molecule has 1 aromatic heterocycles. The van der Waals surface area contributed by atoms with Crippen molar-refractivity contribution >= 4 is 45.9 Å². The van der Waals surface area contributed by atoms with E-state index in [4.69, 9.17) is 27.9 Å². The average molecular weight is 389 g/mol. The van der Waals surface area contributed by atoms with Gasteiger partial charge in [-0.1, -0.05) is 38.8 Å². The molecule has 0 fully saturated rings. The van der Waals surface area contributed by atoms with Gasteiger partial charge >= 0.3 is 0 Å². The summed E-state index contributed by atoms with van der Waals surface area (Å²) in [5.74, 6) is 3.34. The van der Waals surface area contributed by atoms with Gasteiger partial charge in [0.05, 0.1) is 23.4 Å². The number of rotatable bonds is 7. The first-order valence-corrected chi connectivity index (χ1v) is 10.5. The van der Waals surface area contributed by atoms with Gasteiger partial charge in [0.1, 0.15) is 5.82 Å². The molecular weight excluding hydrogens is 363 g/mol. The Morgan fingerprint density at radius 2 is 1.96 bits per heavy atom. The zero-order valence-corrected chi connectivity index (χ0v) is 17.1. The summed E-state index contributed by atoms with van der Waals surface area (Å²) < 4.78 is 5.74. The number of nitrogens with zero attached hydrogens (tertiary/aromatic N) is 2. The molecule has 24 heavy (non-hydrogen) atoms. The Morgan fingerprint density at radius 3 is 2.54 bits per heavy atom. The van der Waals surface area contributed by atoms with Crippen LogP contribution in [0.1, 0.15) is 39.4 Å². The van der Waals surface area contributed by atoms with Crippen LogP contribution < -0.4 is 4.74 Å². The van der Waals surface area contributed by atoms with Gasteiger partial charge in [0, 0.05) is 5.02 Å². The van der Waals surface area contributed by atoms with Crippen LogP contribution in [0.25, 0.3) is 10.9 Å². The van der Waals surface area contributed by atoms with Crippen molar-refractivity contribution in [2.24, 2.45) is 5.92 Å². The molecule has 0 aliphatic heterocycles. The van der Waals surface area contributed by atoms with Crippen molar-refractivity contribution in [1.29, 1.82) is 0 Å². The maximum absolute atomic E-state index is 5.98. The summed E-state index contributed by atoms with van der Waals surface area (Å²) in [6.45, 7) is 7.28. The number of halogens is 2. The zero-order chi connectivity index (χ0) is 17.9. The molecule has 1 heterocycles. The van der Waals surface area contributed by atoms with Gasteiger partial charge in [-0.25, -0.2) is 4.98 Å². The van der Waals surface area contributed by atoms with Gasteiger partial charge in [-0.05, 0) is 42.5 Å². The maximum Gasteiger partial charge on any atom is 0.224 e. The Labute approximate surface area is 159 Å². The fourth-order valence-corrected chi connectivity index (χ4v) is 2.35. The minimum atomic E-state index is 0.254. The summed E-state index contributed by atoms with van der Waals surface area (Å²) in [4.78, 5) is 8.68. The Hall–Kier alpha value is -0.710. The van der Waals surface area contributed by atoms with Crippen LogP contribution in [-0.2, 0) is 5.88 Å². The molecular formula is C18H26Cl2N2OS. The minimum Gasteiger partial charge on any atom is -0.477 e. The number of alkyl halides is 1. The molecule has 0 atom stereocenters. The first-order valence-electron chi connectivity index (χ1n) is 8.15. The highest BCUT2D eigenvalue weighted by Gasteiger charge is 2.09. The summed E-state index contributed by atoms with van der Waals surface area (Å²) >= 11 is 13.6. The quantitative estimate of drug-likeness (QED) is 0.417. The molecule has 0 aliphatic rings. The Bertz CT molecular complexity index is 623. The first-order chi connectivity index (χ1) is 11.5. The summed E-state index contributed by atoms with van der Waals surface area (Å²) in [6.07, 6.45) is 4.37. The van der Waals surface area contributed by atoms with Crippen LogP contribution in [0.2, 0.25) is 5.02 Å². The van der Waals surface area contributed by atoms with E-state index in [0.717, 1.165) is 29.0 Å². The molecule has 0 aliphatic carbocycles. The van der Waals surface area contributed by atoms with Crippen molar-refractivity contribution in [2.75, 3.05) is 18.6 Å². The number of fused-ring (bicyclic) bond motifs is 1. The largest absolute Gasteiger partial charge is 0.477 e. The number of benzene rings is 1. The molecule has 0 N–H and O–H groups in total. The average Bonchev–Trinajstić information content (AvgIpc) is 2.58. The van der Waals surface area contributed by atoms with Crippen LogP contribution in [-0.4, -0.2) is 28.6 Å². The Morgan fingerprint density at radius 1 is 1.25 bits per heavy atom. The molecule has 0 saturated heterocycles. The van der Waals surface area contributed by atoms with Crippen molar-refractivity contribution in [3.05, 3.63) is 29.0 Å². The van der Waals surface area contributed by atoms with Gasteiger partial charge in [-0.3, -0.25) is 0 Å². The topological polar surface area (TPSA) is 35.0 Å². The SMILES string of the molecule is CCC(C)C.CSCCCOc1nc(CCl)nc2cc(Cl)ccc12. The molecule has 1 aromatic carbocycles. The lowest BCUT2D eigenvalue weighted by Gasteiger charge is -2.09. The molecule has 0 unspecified atom stereocenters. The lowest BCUT2D eigenvalue weighted by atomic mass is 10.2. The van der Waals surface area contributed by atoms with Crippen molar-refractivity contribution < 1.29 is 4.74 Å². The second-order valence-corrected chi connectivity index (χ2v) is 7.43. The summed E-state index contributed by atoms with van der Waals surface area (Å²) in [5.41, 5.74) is 0.762. The van der Waals surface area contributed by atoms with Crippen LogP contribution in [0, 0.1) is 5.92 Å². The Kier molecular flexibility index (Phi) is 10.5. The predicted octanol–water partition coefficient (Wildman–Crippen LogP) is 6.21. The molecule has 2 rings (SSSR count). The minimum absolute atomic E-state index is 0.254. The number of hydrogen-bond acceptors (Lipinski definition) is 4. The summed E-state index contributed by atoms with van der Waals surface area (Å²) in [5, 5.41) is 1.50. The van der Waals surface area contributed by atoms with E-state index in [0.29, 0.717) is 23.3 Å². The fraction of sp³-hybridized carbons (Fsp3) is 0.556. The van der Waals surface area contributed by atoms with Gasteiger partial charge < -0.3 is 4.74 Å². The van der Waals surface area contributed by atoms with E-state index >= 15 is 0 Å².